The lowest BCUT2D eigenvalue weighted by atomic mass is 10.0. The largest absolute Gasteiger partial charge is 0.295 e. The third-order valence-corrected chi connectivity index (χ3v) is 2.90. The Labute approximate surface area is 108 Å². The number of halogens is 3. The lowest BCUT2D eigenvalue weighted by Crippen LogP contribution is -1.93. The lowest BCUT2D eigenvalue weighted by molar-refractivity contribution is 0.101. The van der Waals surface area contributed by atoms with Crippen LogP contribution in [0.5, 0.6) is 0 Å². The summed E-state index contributed by atoms with van der Waals surface area (Å²) in [7, 11) is 0. The van der Waals surface area contributed by atoms with Gasteiger partial charge in [-0.05, 0) is 30.7 Å². The summed E-state index contributed by atoms with van der Waals surface area (Å²) in [6, 6.07) is 8.55. The lowest BCUT2D eigenvalue weighted by Gasteiger charge is -2.07. The molecular weight excluding hydrogens is 258 g/mol. The van der Waals surface area contributed by atoms with E-state index in [-0.39, 0.29) is 10.8 Å². The Kier molecular flexibility index (Phi) is 3.43. The molecule has 18 heavy (non-hydrogen) atoms. The predicted octanol–water partition coefficient (Wildman–Crippen LogP) is 4.49. The number of carbonyl (C=O) groups is 1. The molecule has 0 aliphatic rings. The van der Waals surface area contributed by atoms with Crippen LogP contribution in [0.15, 0.2) is 36.4 Å². The normalized spacial score (nSPS) is 10.4. The van der Waals surface area contributed by atoms with Crippen molar-refractivity contribution in [1.82, 2.24) is 0 Å². The van der Waals surface area contributed by atoms with Gasteiger partial charge in [0, 0.05) is 11.1 Å². The maximum absolute atomic E-state index is 13.2. The Bertz CT molecular complexity index is 623. The Morgan fingerprint density at radius 3 is 2.44 bits per heavy atom. The minimum atomic E-state index is -0.994. The van der Waals surface area contributed by atoms with Crippen molar-refractivity contribution in [1.29, 1.82) is 0 Å². The van der Waals surface area contributed by atoms with Crippen LogP contribution in [-0.2, 0) is 0 Å². The molecule has 0 saturated heterocycles. The molecule has 4 heteroatoms. The SMILES string of the molecule is CC(=O)c1cccc(-c2cc(F)c(F)cc2Cl)c1. The summed E-state index contributed by atoms with van der Waals surface area (Å²) in [5, 5.41) is 0.106. The summed E-state index contributed by atoms with van der Waals surface area (Å²) in [5.41, 5.74) is 1.43. The number of benzene rings is 2. The van der Waals surface area contributed by atoms with E-state index < -0.39 is 11.6 Å². The molecule has 0 heterocycles. The molecule has 0 spiro atoms. The fraction of sp³-hybridized carbons (Fsp3) is 0.0714. The molecule has 92 valence electrons. The van der Waals surface area contributed by atoms with Crippen LogP contribution in [0.2, 0.25) is 5.02 Å². The number of hydrogen-bond acceptors (Lipinski definition) is 1. The third-order valence-electron chi connectivity index (χ3n) is 2.59. The van der Waals surface area contributed by atoms with Crippen LogP contribution in [0.3, 0.4) is 0 Å². The van der Waals surface area contributed by atoms with Crippen molar-refractivity contribution < 1.29 is 13.6 Å². The first-order chi connectivity index (χ1) is 8.49. The van der Waals surface area contributed by atoms with E-state index >= 15 is 0 Å². The van der Waals surface area contributed by atoms with Crippen LogP contribution in [0.1, 0.15) is 17.3 Å². The molecule has 0 saturated carbocycles. The molecule has 1 nitrogen and oxygen atoms in total. The van der Waals surface area contributed by atoms with Crippen LogP contribution in [0.25, 0.3) is 11.1 Å². The zero-order valence-corrected chi connectivity index (χ0v) is 10.3. The quantitative estimate of drug-likeness (QED) is 0.578. The molecule has 0 aliphatic carbocycles. The van der Waals surface area contributed by atoms with Crippen molar-refractivity contribution in [2.45, 2.75) is 6.92 Å². The van der Waals surface area contributed by atoms with E-state index in [4.69, 9.17) is 11.6 Å². The van der Waals surface area contributed by atoms with E-state index in [9.17, 15) is 13.6 Å². The van der Waals surface area contributed by atoms with Gasteiger partial charge in [0.2, 0.25) is 0 Å². The summed E-state index contributed by atoms with van der Waals surface area (Å²) < 4.78 is 26.2. The van der Waals surface area contributed by atoms with Gasteiger partial charge in [-0.3, -0.25) is 4.79 Å². The van der Waals surface area contributed by atoms with E-state index in [1.165, 1.54) is 6.92 Å². The van der Waals surface area contributed by atoms with Gasteiger partial charge in [-0.15, -0.1) is 0 Å². The van der Waals surface area contributed by atoms with Gasteiger partial charge in [-0.25, -0.2) is 8.78 Å². The number of Topliss-reactive ketones (excluding diaryl/α,β-unsaturated/α-hetero) is 1. The van der Waals surface area contributed by atoms with Crippen LogP contribution in [-0.4, -0.2) is 5.78 Å². The molecule has 0 amide bonds. The molecule has 0 aliphatic heterocycles. The van der Waals surface area contributed by atoms with Crippen molar-refractivity contribution >= 4 is 17.4 Å². The van der Waals surface area contributed by atoms with Gasteiger partial charge in [0.05, 0.1) is 5.02 Å². The molecule has 0 unspecified atom stereocenters. The molecule has 0 bridgehead atoms. The van der Waals surface area contributed by atoms with Gasteiger partial charge in [0.1, 0.15) is 0 Å². The zero-order valence-electron chi connectivity index (χ0n) is 9.51. The monoisotopic (exact) mass is 266 g/mol. The highest BCUT2D eigenvalue weighted by Gasteiger charge is 2.11. The molecule has 0 aromatic heterocycles. The minimum Gasteiger partial charge on any atom is -0.295 e. The molecule has 2 rings (SSSR count). The van der Waals surface area contributed by atoms with Crippen molar-refractivity contribution in [3.63, 3.8) is 0 Å². The van der Waals surface area contributed by atoms with Crippen LogP contribution in [0.4, 0.5) is 8.78 Å². The maximum Gasteiger partial charge on any atom is 0.160 e. The van der Waals surface area contributed by atoms with Crippen molar-refractivity contribution in [2.75, 3.05) is 0 Å². The van der Waals surface area contributed by atoms with Gasteiger partial charge < -0.3 is 0 Å². The maximum atomic E-state index is 13.2. The van der Waals surface area contributed by atoms with Crippen LogP contribution < -0.4 is 0 Å². The molecule has 2 aromatic rings. The molecule has 0 fully saturated rings. The molecule has 0 atom stereocenters. The highest BCUT2D eigenvalue weighted by Crippen LogP contribution is 2.30. The fourth-order valence-electron chi connectivity index (χ4n) is 1.65. The summed E-state index contributed by atoms with van der Waals surface area (Å²) in [5.74, 6) is -2.07. The van der Waals surface area contributed by atoms with Crippen LogP contribution >= 0.6 is 11.6 Å². The van der Waals surface area contributed by atoms with Gasteiger partial charge in [-0.2, -0.15) is 0 Å². The minimum absolute atomic E-state index is 0.101. The Morgan fingerprint density at radius 2 is 1.78 bits per heavy atom. The second kappa shape index (κ2) is 4.86. The Morgan fingerprint density at radius 1 is 1.11 bits per heavy atom. The average molecular weight is 267 g/mol. The smallest absolute Gasteiger partial charge is 0.160 e. The Hall–Kier alpha value is -1.74. The summed E-state index contributed by atoms with van der Waals surface area (Å²) in [4.78, 5) is 11.3. The van der Waals surface area contributed by atoms with E-state index in [0.717, 1.165) is 12.1 Å². The molecule has 0 N–H and O–H groups in total. The van der Waals surface area contributed by atoms with E-state index in [1.54, 1.807) is 24.3 Å². The standard InChI is InChI=1S/C14H9ClF2O/c1-8(18)9-3-2-4-10(5-9)11-6-13(16)14(17)7-12(11)15/h2-7H,1H3. The second-order valence-electron chi connectivity index (χ2n) is 3.88. The van der Waals surface area contributed by atoms with E-state index in [0.29, 0.717) is 16.7 Å². The van der Waals surface area contributed by atoms with Crippen molar-refractivity contribution in [3.05, 3.63) is 58.6 Å². The number of ketones is 1. The highest BCUT2D eigenvalue weighted by atomic mass is 35.5. The highest BCUT2D eigenvalue weighted by molar-refractivity contribution is 6.33. The third kappa shape index (κ3) is 2.41. The number of rotatable bonds is 2. The van der Waals surface area contributed by atoms with E-state index in [2.05, 4.69) is 0 Å². The first-order valence-electron chi connectivity index (χ1n) is 5.25. The fourth-order valence-corrected chi connectivity index (χ4v) is 1.91. The van der Waals surface area contributed by atoms with Crippen molar-refractivity contribution in [3.8, 4) is 11.1 Å². The summed E-state index contributed by atoms with van der Waals surface area (Å²) >= 11 is 5.88. The number of carbonyl (C=O) groups excluding carboxylic acids is 1. The Balaban J connectivity index is 2.58. The van der Waals surface area contributed by atoms with Crippen LogP contribution in [0, 0.1) is 11.6 Å². The van der Waals surface area contributed by atoms with Gasteiger partial charge in [0.25, 0.3) is 0 Å². The topological polar surface area (TPSA) is 17.1 Å². The van der Waals surface area contributed by atoms with Crippen molar-refractivity contribution in [2.24, 2.45) is 0 Å². The molecule has 0 radical (unpaired) electrons. The summed E-state index contributed by atoms with van der Waals surface area (Å²) in [6.45, 7) is 1.44. The number of hydrogen-bond donors (Lipinski definition) is 0. The average Bonchev–Trinajstić information content (AvgIpc) is 2.34. The second-order valence-corrected chi connectivity index (χ2v) is 4.29. The predicted molar refractivity (Wildman–Crippen MR) is 66.8 cm³/mol. The first-order valence-corrected chi connectivity index (χ1v) is 5.63. The van der Waals surface area contributed by atoms with Gasteiger partial charge in [0.15, 0.2) is 17.4 Å². The van der Waals surface area contributed by atoms with Gasteiger partial charge in [-0.1, -0.05) is 29.8 Å². The molecular formula is C14H9ClF2O. The van der Waals surface area contributed by atoms with Gasteiger partial charge >= 0.3 is 0 Å². The van der Waals surface area contributed by atoms with E-state index in [1.807, 2.05) is 0 Å². The first kappa shape index (κ1) is 12.7. The summed E-state index contributed by atoms with van der Waals surface area (Å²) in [6.07, 6.45) is 0. The zero-order chi connectivity index (χ0) is 13.3. The molecule has 2 aromatic carbocycles.